The molecule has 66 valence electrons. The fourth-order valence-corrected chi connectivity index (χ4v) is 0.950. The van der Waals surface area contributed by atoms with Gasteiger partial charge in [-0.05, 0) is 6.92 Å². The summed E-state index contributed by atoms with van der Waals surface area (Å²) in [5.74, 6) is 0.484. The normalized spacial score (nSPS) is 12.8. The first kappa shape index (κ1) is 8.73. The SMILES string of the molecule is CC(O)Cc1nccn1C(N)=O. The number of aromatic nitrogens is 2. The van der Waals surface area contributed by atoms with Crippen LogP contribution in [0.5, 0.6) is 0 Å². The minimum atomic E-state index is -0.580. The highest BCUT2D eigenvalue weighted by atomic mass is 16.3. The van der Waals surface area contributed by atoms with Gasteiger partial charge in [0.15, 0.2) is 0 Å². The molecule has 5 heteroatoms. The third-order valence-corrected chi connectivity index (χ3v) is 1.43. The van der Waals surface area contributed by atoms with Gasteiger partial charge in [0.25, 0.3) is 0 Å². The van der Waals surface area contributed by atoms with Crippen molar-refractivity contribution in [2.24, 2.45) is 5.73 Å². The lowest BCUT2D eigenvalue weighted by atomic mass is 10.3. The molecule has 0 spiro atoms. The third kappa shape index (κ3) is 1.82. The molecule has 0 aliphatic heterocycles. The zero-order valence-electron chi connectivity index (χ0n) is 6.77. The van der Waals surface area contributed by atoms with E-state index in [0.717, 1.165) is 0 Å². The van der Waals surface area contributed by atoms with Gasteiger partial charge in [0.1, 0.15) is 5.82 Å². The summed E-state index contributed by atoms with van der Waals surface area (Å²) in [6.07, 6.45) is 2.75. The van der Waals surface area contributed by atoms with Crippen LogP contribution in [0.4, 0.5) is 4.79 Å². The van der Waals surface area contributed by atoms with Gasteiger partial charge >= 0.3 is 6.03 Å². The van der Waals surface area contributed by atoms with Crippen molar-refractivity contribution in [2.75, 3.05) is 0 Å². The Morgan fingerprint density at radius 1 is 1.92 bits per heavy atom. The van der Waals surface area contributed by atoms with Crippen LogP contribution in [0.15, 0.2) is 12.4 Å². The summed E-state index contributed by atoms with van der Waals surface area (Å²) in [6, 6.07) is -0.580. The number of aliphatic hydroxyl groups excluding tert-OH is 1. The number of carbonyl (C=O) groups excluding carboxylic acids is 1. The second-order valence-electron chi connectivity index (χ2n) is 2.60. The molecule has 0 radical (unpaired) electrons. The molecule has 1 rings (SSSR count). The number of nitrogens with two attached hydrogens (primary N) is 1. The molecule has 12 heavy (non-hydrogen) atoms. The molecule has 0 fully saturated rings. The summed E-state index contributed by atoms with van der Waals surface area (Å²) in [4.78, 5) is 14.6. The Morgan fingerprint density at radius 2 is 2.58 bits per heavy atom. The average molecular weight is 169 g/mol. The van der Waals surface area contributed by atoms with E-state index in [4.69, 9.17) is 10.8 Å². The monoisotopic (exact) mass is 169 g/mol. The second-order valence-corrected chi connectivity index (χ2v) is 2.60. The Kier molecular flexibility index (Phi) is 2.44. The third-order valence-electron chi connectivity index (χ3n) is 1.43. The van der Waals surface area contributed by atoms with Gasteiger partial charge in [-0.15, -0.1) is 0 Å². The Morgan fingerprint density at radius 3 is 3.08 bits per heavy atom. The van der Waals surface area contributed by atoms with Gasteiger partial charge in [0.05, 0.1) is 6.10 Å². The summed E-state index contributed by atoms with van der Waals surface area (Å²) in [7, 11) is 0. The van der Waals surface area contributed by atoms with Gasteiger partial charge in [0.2, 0.25) is 0 Å². The van der Waals surface area contributed by atoms with Crippen molar-refractivity contribution >= 4 is 6.03 Å². The molecular formula is C7H11N3O2. The highest BCUT2D eigenvalue weighted by Crippen LogP contribution is 2.00. The molecule has 1 amide bonds. The van der Waals surface area contributed by atoms with Crippen molar-refractivity contribution in [3.63, 3.8) is 0 Å². The van der Waals surface area contributed by atoms with Crippen LogP contribution in [0.1, 0.15) is 12.7 Å². The van der Waals surface area contributed by atoms with E-state index >= 15 is 0 Å². The summed E-state index contributed by atoms with van der Waals surface area (Å²) < 4.78 is 1.21. The van der Waals surface area contributed by atoms with E-state index in [0.29, 0.717) is 12.2 Å². The topological polar surface area (TPSA) is 81.1 Å². The molecule has 0 aromatic carbocycles. The van der Waals surface area contributed by atoms with Crippen LogP contribution in [0, 0.1) is 0 Å². The summed E-state index contributed by atoms with van der Waals surface area (Å²) in [5, 5.41) is 9.02. The first-order valence-corrected chi connectivity index (χ1v) is 3.61. The number of imidazole rings is 1. The van der Waals surface area contributed by atoms with E-state index in [9.17, 15) is 4.79 Å². The molecule has 0 aliphatic carbocycles. The molecule has 0 bridgehead atoms. The highest BCUT2D eigenvalue weighted by molar-refractivity contribution is 5.75. The minimum absolute atomic E-state index is 0.329. The van der Waals surface area contributed by atoms with Crippen molar-refractivity contribution in [2.45, 2.75) is 19.4 Å². The van der Waals surface area contributed by atoms with Crippen LogP contribution in [-0.4, -0.2) is 26.8 Å². The standard InChI is InChI=1S/C7H11N3O2/c1-5(11)4-6-9-2-3-10(6)7(8)12/h2-3,5,11H,4H2,1H3,(H2,8,12). The summed E-state index contributed by atoms with van der Waals surface area (Å²) >= 11 is 0. The number of hydrogen-bond acceptors (Lipinski definition) is 3. The van der Waals surface area contributed by atoms with Gasteiger partial charge < -0.3 is 10.8 Å². The lowest BCUT2D eigenvalue weighted by Crippen LogP contribution is -2.22. The molecular weight excluding hydrogens is 158 g/mol. The largest absolute Gasteiger partial charge is 0.393 e. The van der Waals surface area contributed by atoms with Crippen LogP contribution in [-0.2, 0) is 6.42 Å². The lowest BCUT2D eigenvalue weighted by molar-refractivity contribution is 0.191. The van der Waals surface area contributed by atoms with Gasteiger partial charge in [-0.3, -0.25) is 4.57 Å². The van der Waals surface area contributed by atoms with Crippen LogP contribution < -0.4 is 5.73 Å². The molecule has 1 heterocycles. The van der Waals surface area contributed by atoms with Crippen LogP contribution in [0.2, 0.25) is 0 Å². The Bertz CT molecular complexity index is 280. The number of hydrogen-bond donors (Lipinski definition) is 2. The maximum absolute atomic E-state index is 10.7. The zero-order chi connectivity index (χ0) is 9.14. The fraction of sp³-hybridized carbons (Fsp3) is 0.429. The molecule has 3 N–H and O–H groups in total. The number of primary amides is 1. The maximum atomic E-state index is 10.7. The van der Waals surface area contributed by atoms with Gasteiger partial charge in [0, 0.05) is 18.8 Å². The molecule has 5 nitrogen and oxygen atoms in total. The number of rotatable bonds is 2. The maximum Gasteiger partial charge on any atom is 0.324 e. The van der Waals surface area contributed by atoms with Crippen molar-refractivity contribution in [3.05, 3.63) is 18.2 Å². The lowest BCUT2D eigenvalue weighted by Gasteiger charge is -2.04. The number of nitrogens with zero attached hydrogens (tertiary/aromatic N) is 2. The van der Waals surface area contributed by atoms with E-state index < -0.39 is 12.1 Å². The van der Waals surface area contributed by atoms with Crippen molar-refractivity contribution in [1.82, 2.24) is 9.55 Å². The summed E-state index contributed by atoms with van der Waals surface area (Å²) in [5.41, 5.74) is 5.04. The van der Waals surface area contributed by atoms with Crippen LogP contribution in [0.25, 0.3) is 0 Å². The van der Waals surface area contributed by atoms with Gasteiger partial charge in [-0.1, -0.05) is 0 Å². The van der Waals surface area contributed by atoms with Crippen LogP contribution >= 0.6 is 0 Å². The first-order valence-electron chi connectivity index (χ1n) is 3.61. The average Bonchev–Trinajstić information content (AvgIpc) is 2.33. The van der Waals surface area contributed by atoms with Crippen molar-refractivity contribution < 1.29 is 9.90 Å². The number of carbonyl (C=O) groups is 1. The summed E-state index contributed by atoms with van der Waals surface area (Å²) in [6.45, 7) is 1.63. The minimum Gasteiger partial charge on any atom is -0.393 e. The van der Waals surface area contributed by atoms with E-state index in [-0.39, 0.29) is 0 Å². The Hall–Kier alpha value is -1.36. The van der Waals surface area contributed by atoms with Gasteiger partial charge in [-0.25, -0.2) is 9.78 Å². The smallest absolute Gasteiger partial charge is 0.324 e. The van der Waals surface area contributed by atoms with E-state index in [2.05, 4.69) is 4.98 Å². The molecule has 0 aliphatic rings. The predicted molar refractivity (Wildman–Crippen MR) is 42.6 cm³/mol. The highest BCUT2D eigenvalue weighted by Gasteiger charge is 2.08. The fourth-order valence-electron chi connectivity index (χ4n) is 0.950. The number of aliphatic hydroxyl groups is 1. The van der Waals surface area contributed by atoms with E-state index in [1.165, 1.54) is 17.0 Å². The Labute approximate surface area is 69.8 Å². The molecule has 0 saturated heterocycles. The predicted octanol–water partition coefficient (Wildman–Crippen LogP) is -0.267. The molecule has 1 atom stereocenters. The zero-order valence-corrected chi connectivity index (χ0v) is 6.77. The second kappa shape index (κ2) is 3.36. The van der Waals surface area contributed by atoms with E-state index in [1.807, 2.05) is 0 Å². The Balaban J connectivity index is 2.84. The molecule has 1 unspecified atom stereocenters. The van der Waals surface area contributed by atoms with Gasteiger partial charge in [-0.2, -0.15) is 0 Å². The van der Waals surface area contributed by atoms with Crippen molar-refractivity contribution in [1.29, 1.82) is 0 Å². The molecule has 0 saturated carbocycles. The molecule has 1 aromatic rings. The quantitative estimate of drug-likeness (QED) is 0.639. The first-order chi connectivity index (χ1) is 5.61. The van der Waals surface area contributed by atoms with Crippen LogP contribution in [0.3, 0.4) is 0 Å². The number of amides is 1. The van der Waals surface area contributed by atoms with Crippen molar-refractivity contribution in [3.8, 4) is 0 Å². The molecule has 1 aromatic heterocycles. The van der Waals surface area contributed by atoms with E-state index in [1.54, 1.807) is 6.92 Å².